The van der Waals surface area contributed by atoms with Crippen molar-refractivity contribution in [3.8, 4) is 0 Å². The maximum Gasteiger partial charge on any atom is 0.271 e. The van der Waals surface area contributed by atoms with E-state index in [0.29, 0.717) is 24.0 Å². The Balaban J connectivity index is 1.85. The summed E-state index contributed by atoms with van der Waals surface area (Å²) >= 11 is 0. The fraction of sp³-hybridized carbons (Fsp3) is 0.353. The zero-order valence-electron chi connectivity index (χ0n) is 12.5. The molecule has 1 aliphatic carbocycles. The summed E-state index contributed by atoms with van der Waals surface area (Å²) in [5.74, 6) is 0.0678. The molecule has 110 valence electrons. The van der Waals surface area contributed by atoms with Gasteiger partial charge in [-0.2, -0.15) is 0 Å². The number of hydrogen-bond acceptors (Lipinski definition) is 2. The first-order chi connectivity index (χ1) is 10.0. The molecule has 0 saturated heterocycles. The minimum Gasteiger partial charge on any atom is -0.397 e. The van der Waals surface area contributed by atoms with Crippen LogP contribution in [0.1, 0.15) is 34.5 Å². The molecule has 4 heteroatoms. The van der Waals surface area contributed by atoms with E-state index in [2.05, 4.69) is 25.1 Å². The molecule has 1 amide bonds. The number of carbonyl (C=O) groups excluding carboxylic acids is 1. The Hall–Kier alpha value is -2.23. The summed E-state index contributed by atoms with van der Waals surface area (Å²) < 4.78 is 1.81. The van der Waals surface area contributed by atoms with Gasteiger partial charge in [-0.3, -0.25) is 4.79 Å². The highest BCUT2D eigenvalue weighted by atomic mass is 16.2. The zero-order valence-corrected chi connectivity index (χ0v) is 12.5. The van der Waals surface area contributed by atoms with Crippen molar-refractivity contribution in [1.82, 2.24) is 9.47 Å². The molecule has 0 unspecified atom stereocenters. The molecule has 1 aromatic carbocycles. The fourth-order valence-corrected chi connectivity index (χ4v) is 2.71. The molecule has 1 heterocycles. The number of nitrogens with zero attached hydrogens (tertiary/aromatic N) is 2. The van der Waals surface area contributed by atoms with E-state index in [1.807, 2.05) is 22.6 Å². The molecular formula is C17H21N3O. The number of anilines is 1. The van der Waals surface area contributed by atoms with Gasteiger partial charge >= 0.3 is 0 Å². The number of carbonyl (C=O) groups is 1. The third kappa shape index (κ3) is 2.94. The normalized spacial score (nSPS) is 14.2. The number of nitrogen functional groups attached to an aromatic ring is 1. The van der Waals surface area contributed by atoms with E-state index in [0.717, 1.165) is 12.8 Å². The molecule has 0 spiro atoms. The topological polar surface area (TPSA) is 51.3 Å². The standard InChI is InChI=1S/C17H21N3O/c1-12-4-3-5-13(8-12)10-20(15-6-7-15)17(21)16-9-14(18)11-19(16)2/h3-5,8-9,11,15H,6-7,10,18H2,1-2H3. The molecule has 1 saturated carbocycles. The molecule has 0 atom stereocenters. The van der Waals surface area contributed by atoms with E-state index in [1.54, 1.807) is 12.3 Å². The number of hydrogen-bond donors (Lipinski definition) is 1. The second-order valence-corrected chi connectivity index (χ2v) is 5.92. The van der Waals surface area contributed by atoms with Crippen molar-refractivity contribution < 1.29 is 4.79 Å². The Morgan fingerprint density at radius 3 is 2.71 bits per heavy atom. The van der Waals surface area contributed by atoms with Crippen LogP contribution >= 0.6 is 0 Å². The van der Waals surface area contributed by atoms with Gasteiger partial charge in [0.05, 0.1) is 5.69 Å². The molecule has 2 aromatic rings. The quantitative estimate of drug-likeness (QED) is 0.938. The average Bonchev–Trinajstić information content (AvgIpc) is 3.21. The van der Waals surface area contributed by atoms with Crippen LogP contribution in [0.5, 0.6) is 0 Å². The van der Waals surface area contributed by atoms with Gasteiger partial charge in [-0.15, -0.1) is 0 Å². The first-order valence-electron chi connectivity index (χ1n) is 7.33. The van der Waals surface area contributed by atoms with Crippen LogP contribution in [0.3, 0.4) is 0 Å². The smallest absolute Gasteiger partial charge is 0.271 e. The minimum absolute atomic E-state index is 0.0678. The van der Waals surface area contributed by atoms with E-state index in [1.165, 1.54) is 11.1 Å². The van der Waals surface area contributed by atoms with Crippen LogP contribution in [0.2, 0.25) is 0 Å². The van der Waals surface area contributed by atoms with Gasteiger partial charge in [-0.25, -0.2) is 0 Å². The van der Waals surface area contributed by atoms with Crippen LogP contribution in [0, 0.1) is 6.92 Å². The van der Waals surface area contributed by atoms with E-state index < -0.39 is 0 Å². The number of aryl methyl sites for hydroxylation is 2. The fourth-order valence-electron chi connectivity index (χ4n) is 2.71. The second-order valence-electron chi connectivity index (χ2n) is 5.92. The van der Waals surface area contributed by atoms with Gasteiger partial charge in [0.1, 0.15) is 5.69 Å². The molecule has 2 N–H and O–H groups in total. The summed E-state index contributed by atoms with van der Waals surface area (Å²) in [6.07, 6.45) is 3.97. The third-order valence-corrected chi connectivity index (χ3v) is 3.93. The Morgan fingerprint density at radius 1 is 1.38 bits per heavy atom. The van der Waals surface area contributed by atoms with Gasteiger partial charge in [0, 0.05) is 25.8 Å². The van der Waals surface area contributed by atoms with E-state index >= 15 is 0 Å². The van der Waals surface area contributed by atoms with E-state index in [-0.39, 0.29) is 5.91 Å². The lowest BCUT2D eigenvalue weighted by molar-refractivity contribution is 0.0720. The summed E-state index contributed by atoms with van der Waals surface area (Å²) in [6, 6.07) is 10.5. The molecule has 3 rings (SSSR count). The largest absolute Gasteiger partial charge is 0.397 e. The van der Waals surface area contributed by atoms with Crippen molar-refractivity contribution in [2.24, 2.45) is 7.05 Å². The molecule has 0 aliphatic heterocycles. The van der Waals surface area contributed by atoms with Crippen molar-refractivity contribution >= 4 is 11.6 Å². The van der Waals surface area contributed by atoms with Crippen molar-refractivity contribution in [2.45, 2.75) is 32.4 Å². The van der Waals surface area contributed by atoms with Crippen LogP contribution in [0.15, 0.2) is 36.5 Å². The molecule has 0 bridgehead atoms. The van der Waals surface area contributed by atoms with Gasteiger partial charge in [-0.1, -0.05) is 29.8 Å². The van der Waals surface area contributed by atoms with Crippen LogP contribution < -0.4 is 5.73 Å². The molecule has 21 heavy (non-hydrogen) atoms. The Bertz CT molecular complexity index is 670. The summed E-state index contributed by atoms with van der Waals surface area (Å²) in [5.41, 5.74) is 9.48. The predicted molar refractivity (Wildman–Crippen MR) is 83.9 cm³/mol. The number of nitrogens with two attached hydrogens (primary N) is 1. The SMILES string of the molecule is Cc1cccc(CN(C(=O)c2cc(N)cn2C)C2CC2)c1. The zero-order chi connectivity index (χ0) is 15.0. The second kappa shape index (κ2) is 5.28. The summed E-state index contributed by atoms with van der Waals surface area (Å²) in [7, 11) is 1.86. The lowest BCUT2D eigenvalue weighted by Gasteiger charge is -2.23. The summed E-state index contributed by atoms with van der Waals surface area (Å²) in [4.78, 5) is 14.8. The molecular weight excluding hydrogens is 262 g/mol. The highest BCUT2D eigenvalue weighted by molar-refractivity contribution is 5.94. The molecule has 1 aliphatic rings. The first kappa shape index (κ1) is 13.7. The monoisotopic (exact) mass is 283 g/mol. The van der Waals surface area contributed by atoms with Gasteiger partial charge in [-0.05, 0) is 31.4 Å². The van der Waals surface area contributed by atoms with Crippen LogP contribution in [0.25, 0.3) is 0 Å². The maximum absolute atomic E-state index is 12.8. The van der Waals surface area contributed by atoms with Crippen LogP contribution in [0.4, 0.5) is 5.69 Å². The van der Waals surface area contributed by atoms with Crippen LogP contribution in [-0.4, -0.2) is 21.4 Å². The summed E-state index contributed by atoms with van der Waals surface area (Å²) in [6.45, 7) is 2.74. The number of amides is 1. The van der Waals surface area contributed by atoms with Gasteiger partial charge < -0.3 is 15.2 Å². The average molecular weight is 283 g/mol. The first-order valence-corrected chi connectivity index (χ1v) is 7.33. The minimum atomic E-state index is 0.0678. The van der Waals surface area contributed by atoms with Crippen molar-refractivity contribution in [3.63, 3.8) is 0 Å². The molecule has 1 fully saturated rings. The van der Waals surface area contributed by atoms with Crippen LogP contribution in [-0.2, 0) is 13.6 Å². The summed E-state index contributed by atoms with van der Waals surface area (Å²) in [5, 5.41) is 0. The highest BCUT2D eigenvalue weighted by Crippen LogP contribution is 2.30. The van der Waals surface area contributed by atoms with E-state index in [9.17, 15) is 4.79 Å². The van der Waals surface area contributed by atoms with Crippen molar-refractivity contribution in [3.05, 3.63) is 53.3 Å². The number of aromatic nitrogens is 1. The highest BCUT2D eigenvalue weighted by Gasteiger charge is 2.34. The van der Waals surface area contributed by atoms with E-state index in [4.69, 9.17) is 5.73 Å². The number of rotatable bonds is 4. The Kier molecular flexibility index (Phi) is 3.45. The van der Waals surface area contributed by atoms with Gasteiger partial charge in [0.2, 0.25) is 0 Å². The van der Waals surface area contributed by atoms with Gasteiger partial charge in [0.15, 0.2) is 0 Å². The molecule has 0 radical (unpaired) electrons. The Labute approximate surface area is 125 Å². The predicted octanol–water partition coefficient (Wildman–Crippen LogP) is 2.72. The third-order valence-electron chi connectivity index (χ3n) is 3.93. The lowest BCUT2D eigenvalue weighted by atomic mass is 10.1. The maximum atomic E-state index is 12.8. The van der Waals surface area contributed by atoms with Gasteiger partial charge in [0.25, 0.3) is 5.91 Å². The molecule has 4 nitrogen and oxygen atoms in total. The molecule has 1 aromatic heterocycles. The Morgan fingerprint density at radius 2 is 2.14 bits per heavy atom. The number of benzene rings is 1. The lowest BCUT2D eigenvalue weighted by Crippen LogP contribution is -2.33. The van der Waals surface area contributed by atoms with Crippen molar-refractivity contribution in [2.75, 3.05) is 5.73 Å². The van der Waals surface area contributed by atoms with Crippen molar-refractivity contribution in [1.29, 1.82) is 0 Å².